The number of hydrogen-bond acceptors (Lipinski definition) is 9. The summed E-state index contributed by atoms with van der Waals surface area (Å²) in [5, 5.41) is 11.6. The van der Waals surface area contributed by atoms with Crippen molar-refractivity contribution in [1.82, 2.24) is 4.90 Å². The molecular weight excluding hydrogens is 434 g/mol. The van der Waals surface area contributed by atoms with Crippen LogP contribution in [0.4, 0.5) is 16.2 Å². The van der Waals surface area contributed by atoms with Gasteiger partial charge in [0.15, 0.2) is 5.56 Å². The number of nitro benzene ring substituents is 1. The second-order valence-corrected chi connectivity index (χ2v) is 8.52. The fourth-order valence-corrected chi connectivity index (χ4v) is 3.58. The lowest BCUT2D eigenvalue weighted by molar-refractivity contribution is -0.385. The van der Waals surface area contributed by atoms with E-state index in [0.29, 0.717) is 25.3 Å². The molecule has 0 aromatic heterocycles. The maximum atomic E-state index is 12.9. The first kappa shape index (κ1) is 25.9. The topological polar surface area (TPSA) is 129 Å². The fourth-order valence-electron chi connectivity index (χ4n) is 3.58. The zero-order valence-electron chi connectivity index (χ0n) is 19.9. The third kappa shape index (κ3) is 6.11. The van der Waals surface area contributed by atoms with Gasteiger partial charge in [-0.1, -0.05) is 0 Å². The van der Waals surface area contributed by atoms with E-state index in [1.54, 1.807) is 44.4 Å². The fraction of sp³-hybridized carbons (Fsp3) is 0.591. The zero-order valence-corrected chi connectivity index (χ0v) is 19.9. The Morgan fingerprint density at radius 1 is 1.06 bits per heavy atom. The van der Waals surface area contributed by atoms with Gasteiger partial charge in [-0.25, -0.2) is 14.4 Å². The molecule has 1 amide bonds. The van der Waals surface area contributed by atoms with Gasteiger partial charge in [0.25, 0.3) is 5.69 Å². The van der Waals surface area contributed by atoms with Crippen molar-refractivity contribution in [2.24, 2.45) is 0 Å². The van der Waals surface area contributed by atoms with Gasteiger partial charge in [0, 0.05) is 31.7 Å². The number of rotatable bonds is 6. The lowest BCUT2D eigenvalue weighted by Crippen LogP contribution is -2.55. The molecule has 1 aliphatic rings. The summed E-state index contributed by atoms with van der Waals surface area (Å²) >= 11 is 0. The lowest BCUT2D eigenvalue weighted by Gasteiger charge is -2.41. The van der Waals surface area contributed by atoms with Gasteiger partial charge in [0.1, 0.15) is 11.2 Å². The molecule has 1 aromatic rings. The maximum Gasteiger partial charge on any atom is 0.410 e. The molecule has 0 radical (unpaired) electrons. The predicted octanol–water partition coefficient (Wildman–Crippen LogP) is 3.39. The molecule has 11 nitrogen and oxygen atoms in total. The zero-order chi connectivity index (χ0) is 24.9. The van der Waals surface area contributed by atoms with Crippen LogP contribution in [0.2, 0.25) is 0 Å². The summed E-state index contributed by atoms with van der Waals surface area (Å²) in [6.07, 6.45) is -0.448. The highest BCUT2D eigenvalue weighted by atomic mass is 16.6. The van der Waals surface area contributed by atoms with Crippen LogP contribution in [0.1, 0.15) is 62.3 Å². The number of nitrogens with zero attached hydrogens (tertiary/aromatic N) is 3. The van der Waals surface area contributed by atoms with Crippen LogP contribution in [0.3, 0.4) is 0 Å². The molecule has 0 N–H and O–H groups in total. The van der Waals surface area contributed by atoms with Crippen LogP contribution in [-0.2, 0) is 14.2 Å². The largest absolute Gasteiger partial charge is 0.462 e. The van der Waals surface area contributed by atoms with E-state index >= 15 is 0 Å². The van der Waals surface area contributed by atoms with Crippen LogP contribution in [0.15, 0.2) is 12.1 Å². The molecule has 1 saturated heterocycles. The molecule has 182 valence electrons. The summed E-state index contributed by atoms with van der Waals surface area (Å²) in [7, 11) is 0. The third-order valence-electron chi connectivity index (χ3n) is 4.91. The number of amides is 1. The summed E-state index contributed by atoms with van der Waals surface area (Å²) in [6, 6.07) is 2.31. The molecular formula is C22H31N3O8. The highest BCUT2D eigenvalue weighted by Gasteiger charge is 2.37. The summed E-state index contributed by atoms with van der Waals surface area (Å²) in [5.74, 6) is -1.84. The number of hydrogen-bond donors (Lipinski definition) is 0. The van der Waals surface area contributed by atoms with Gasteiger partial charge in [-0.3, -0.25) is 10.1 Å². The second kappa shape index (κ2) is 10.5. The molecule has 1 fully saturated rings. The molecule has 33 heavy (non-hydrogen) atoms. The Morgan fingerprint density at radius 2 is 1.64 bits per heavy atom. The van der Waals surface area contributed by atoms with Crippen LogP contribution in [-0.4, -0.2) is 72.3 Å². The SMILES string of the molecule is CCOC(=O)c1c(N2CCN(C(=O)OC(C)(C)C)[C@H](C)C2)ccc([N+](=O)[O-])c1C(=O)OCC. The first-order valence-electron chi connectivity index (χ1n) is 10.8. The summed E-state index contributed by atoms with van der Waals surface area (Å²) in [4.78, 5) is 52.3. The van der Waals surface area contributed by atoms with Crippen molar-refractivity contribution < 1.29 is 33.5 Å². The van der Waals surface area contributed by atoms with Crippen molar-refractivity contribution in [2.75, 3.05) is 37.7 Å². The number of carbonyl (C=O) groups excluding carboxylic acids is 3. The molecule has 2 rings (SSSR count). The third-order valence-corrected chi connectivity index (χ3v) is 4.91. The number of nitro groups is 1. The van der Waals surface area contributed by atoms with E-state index in [-0.39, 0.29) is 24.8 Å². The minimum absolute atomic E-state index is 0.0198. The Bertz CT molecular complexity index is 925. The van der Waals surface area contributed by atoms with Gasteiger partial charge in [-0.15, -0.1) is 0 Å². The molecule has 1 aromatic carbocycles. The molecule has 1 atom stereocenters. The smallest absolute Gasteiger partial charge is 0.410 e. The van der Waals surface area contributed by atoms with E-state index in [2.05, 4.69) is 0 Å². The molecule has 0 bridgehead atoms. The van der Waals surface area contributed by atoms with Crippen LogP contribution in [0.5, 0.6) is 0 Å². The molecule has 1 heterocycles. The van der Waals surface area contributed by atoms with Gasteiger partial charge < -0.3 is 24.0 Å². The molecule has 0 spiro atoms. The molecule has 11 heteroatoms. The Balaban J connectivity index is 2.49. The van der Waals surface area contributed by atoms with E-state index in [1.807, 2.05) is 6.92 Å². The number of esters is 2. The van der Waals surface area contributed by atoms with Gasteiger partial charge in [-0.05, 0) is 47.6 Å². The summed E-state index contributed by atoms with van der Waals surface area (Å²) in [5.41, 5.74) is -1.54. The Labute approximate surface area is 192 Å². The Kier molecular flexibility index (Phi) is 8.23. The number of anilines is 1. The number of piperazine rings is 1. The lowest BCUT2D eigenvalue weighted by atomic mass is 10.0. The summed E-state index contributed by atoms with van der Waals surface area (Å²) in [6.45, 7) is 11.3. The second-order valence-electron chi connectivity index (χ2n) is 8.52. The van der Waals surface area contributed by atoms with E-state index < -0.39 is 39.8 Å². The highest BCUT2D eigenvalue weighted by Crippen LogP contribution is 2.34. The van der Waals surface area contributed by atoms with Crippen molar-refractivity contribution >= 4 is 29.4 Å². The van der Waals surface area contributed by atoms with Gasteiger partial charge in [-0.2, -0.15) is 0 Å². The molecule has 0 saturated carbocycles. The van der Waals surface area contributed by atoms with Crippen molar-refractivity contribution in [3.63, 3.8) is 0 Å². The van der Waals surface area contributed by atoms with Crippen molar-refractivity contribution in [2.45, 2.75) is 53.2 Å². The first-order chi connectivity index (χ1) is 15.4. The molecule has 0 unspecified atom stereocenters. The Hall–Kier alpha value is -3.37. The number of benzene rings is 1. The molecule has 0 aliphatic carbocycles. The minimum Gasteiger partial charge on any atom is -0.462 e. The summed E-state index contributed by atoms with van der Waals surface area (Å²) < 4.78 is 15.6. The average Bonchev–Trinajstić information content (AvgIpc) is 2.71. The van der Waals surface area contributed by atoms with E-state index in [4.69, 9.17) is 14.2 Å². The van der Waals surface area contributed by atoms with E-state index in [1.165, 1.54) is 12.1 Å². The van der Waals surface area contributed by atoms with Crippen molar-refractivity contribution in [3.05, 3.63) is 33.4 Å². The number of carbonyl (C=O) groups is 3. The van der Waals surface area contributed by atoms with Gasteiger partial charge in [0.2, 0.25) is 0 Å². The van der Waals surface area contributed by atoms with Crippen LogP contribution in [0, 0.1) is 10.1 Å². The Morgan fingerprint density at radius 3 is 2.12 bits per heavy atom. The van der Waals surface area contributed by atoms with Gasteiger partial charge in [0.05, 0.1) is 23.8 Å². The van der Waals surface area contributed by atoms with Crippen LogP contribution >= 0.6 is 0 Å². The van der Waals surface area contributed by atoms with E-state index in [0.717, 1.165) is 0 Å². The first-order valence-corrected chi connectivity index (χ1v) is 10.8. The monoisotopic (exact) mass is 465 g/mol. The minimum atomic E-state index is -0.977. The van der Waals surface area contributed by atoms with Crippen molar-refractivity contribution in [1.29, 1.82) is 0 Å². The highest BCUT2D eigenvalue weighted by molar-refractivity contribution is 6.10. The normalized spacial score (nSPS) is 16.2. The number of ether oxygens (including phenoxy) is 3. The van der Waals surface area contributed by atoms with Crippen LogP contribution in [0.25, 0.3) is 0 Å². The molecule has 1 aliphatic heterocycles. The quantitative estimate of drug-likeness (QED) is 0.269. The predicted molar refractivity (Wildman–Crippen MR) is 120 cm³/mol. The van der Waals surface area contributed by atoms with E-state index in [9.17, 15) is 24.5 Å². The van der Waals surface area contributed by atoms with Crippen molar-refractivity contribution in [3.8, 4) is 0 Å². The maximum absolute atomic E-state index is 12.9. The average molecular weight is 466 g/mol. The standard InChI is InChI=1S/C22H31N3O8/c1-7-31-19(26)17-15(9-10-16(25(29)30)18(17)20(27)32-8-2)23-11-12-24(14(3)13-23)21(28)33-22(4,5)6/h9-10,14H,7-8,11-13H2,1-6H3/t14-/m1/s1. The van der Waals surface area contributed by atoms with Crippen LogP contribution < -0.4 is 4.90 Å². The van der Waals surface area contributed by atoms with Gasteiger partial charge >= 0.3 is 18.0 Å².